The van der Waals surface area contributed by atoms with Crippen LogP contribution in [0.5, 0.6) is 0 Å². The van der Waals surface area contributed by atoms with Crippen molar-refractivity contribution in [1.29, 1.82) is 0 Å². The van der Waals surface area contributed by atoms with Crippen LogP contribution in [0.3, 0.4) is 0 Å². The Labute approximate surface area is 191 Å². The first-order valence-corrected chi connectivity index (χ1v) is 13.0. The Bertz CT molecular complexity index is 1090. The predicted octanol–water partition coefficient (Wildman–Crippen LogP) is 4.03. The zero-order chi connectivity index (χ0) is 21.2. The van der Waals surface area contributed by atoms with Gasteiger partial charge in [0.2, 0.25) is 0 Å². The summed E-state index contributed by atoms with van der Waals surface area (Å²) in [6, 6.07) is 25.1. The van der Waals surface area contributed by atoms with E-state index in [1.807, 2.05) is 0 Å². The minimum absolute atomic E-state index is 0.219. The molecule has 5 aliphatic rings. The van der Waals surface area contributed by atoms with Gasteiger partial charge in [-0.05, 0) is 0 Å². The molecule has 0 fully saturated rings. The van der Waals surface area contributed by atoms with E-state index in [0.717, 1.165) is 31.6 Å². The van der Waals surface area contributed by atoms with Gasteiger partial charge in [0.1, 0.15) is 0 Å². The summed E-state index contributed by atoms with van der Waals surface area (Å²) >= 11 is 0.219. The molecule has 8 rings (SSSR count). The third kappa shape index (κ3) is 4.49. The van der Waals surface area contributed by atoms with E-state index in [2.05, 4.69) is 80.6 Å². The van der Waals surface area contributed by atoms with Crippen LogP contribution in [0.1, 0.15) is 41.7 Å². The minimum atomic E-state index is 0.219. The first kappa shape index (κ1) is 20.5. The van der Waals surface area contributed by atoms with Crippen molar-refractivity contribution in [2.24, 2.45) is 10.9 Å². The Kier molecular flexibility index (Phi) is 5.98. The summed E-state index contributed by atoms with van der Waals surface area (Å²) in [5, 5.41) is 0. The van der Waals surface area contributed by atoms with Crippen LogP contribution in [0.2, 0.25) is 0 Å². The maximum absolute atomic E-state index is 6.27. The Morgan fingerprint density at radius 2 is 1.45 bits per heavy atom. The first-order chi connectivity index (χ1) is 15.2. The summed E-state index contributed by atoms with van der Waals surface area (Å²) in [7, 11) is 0. The fourth-order valence-corrected chi connectivity index (χ4v) is 6.74. The molecule has 3 heteroatoms. The van der Waals surface area contributed by atoms with Crippen molar-refractivity contribution in [3.8, 4) is 0 Å². The second kappa shape index (κ2) is 9.02. The van der Waals surface area contributed by atoms with E-state index in [9.17, 15) is 0 Å². The van der Waals surface area contributed by atoms with E-state index in [-0.39, 0.29) is 21.0 Å². The molecular weight excluding hydrogens is 445 g/mol. The third-order valence-electron chi connectivity index (χ3n) is 6.33. The maximum atomic E-state index is 6.27. The molecule has 0 N–H and O–H groups in total. The number of hydrogen-bond acceptors (Lipinski definition) is 2. The van der Waals surface area contributed by atoms with Crippen molar-refractivity contribution >= 4 is 29.8 Å². The quantitative estimate of drug-likeness (QED) is 0.524. The summed E-state index contributed by atoms with van der Waals surface area (Å²) < 4.78 is 9.14. The molecule has 158 valence electrons. The molecule has 0 radical (unpaired) electrons. The topological polar surface area (TPSA) is 21.6 Å². The van der Waals surface area contributed by atoms with Crippen molar-refractivity contribution in [2.75, 3.05) is 6.61 Å². The molecule has 2 nitrogen and oxygen atoms in total. The summed E-state index contributed by atoms with van der Waals surface area (Å²) in [6.07, 6.45) is 4.18. The number of nitrogens with zero attached hydrogens (tertiary/aromatic N) is 1. The Morgan fingerprint density at radius 3 is 2.10 bits per heavy atom. The average molecular weight is 475 g/mol. The van der Waals surface area contributed by atoms with Gasteiger partial charge in [0.05, 0.1) is 0 Å². The number of aliphatic imine (C=N–C) groups is 1. The van der Waals surface area contributed by atoms with E-state index in [0.29, 0.717) is 12.5 Å². The van der Waals surface area contributed by atoms with Crippen molar-refractivity contribution in [3.63, 3.8) is 0 Å². The monoisotopic (exact) mass is 475 g/mol. The van der Waals surface area contributed by atoms with Gasteiger partial charge in [-0.2, -0.15) is 0 Å². The number of hydrogen-bond donors (Lipinski definition) is 0. The van der Waals surface area contributed by atoms with Crippen LogP contribution in [-0.2, 0) is 30.4 Å². The van der Waals surface area contributed by atoms with Crippen LogP contribution in [0.15, 0.2) is 71.7 Å². The molecule has 4 bridgehead atoms. The Balaban J connectivity index is 1.64. The van der Waals surface area contributed by atoms with Gasteiger partial charge in [0.15, 0.2) is 0 Å². The summed E-state index contributed by atoms with van der Waals surface area (Å²) in [4.78, 5) is 5.08. The van der Waals surface area contributed by atoms with Gasteiger partial charge in [-0.15, -0.1) is 0 Å². The average Bonchev–Trinajstić information content (AvgIpc) is 3.27. The summed E-state index contributed by atoms with van der Waals surface area (Å²) in [5.41, 5.74) is 6.95. The molecule has 0 saturated heterocycles. The van der Waals surface area contributed by atoms with Gasteiger partial charge in [-0.1, -0.05) is 0 Å². The predicted molar refractivity (Wildman–Crippen MR) is 130 cm³/mol. The molecule has 0 saturated carbocycles. The van der Waals surface area contributed by atoms with Crippen LogP contribution < -0.4 is 8.92 Å². The molecule has 31 heavy (non-hydrogen) atoms. The Morgan fingerprint density at radius 1 is 0.806 bits per heavy atom. The second-order valence-electron chi connectivity index (χ2n) is 8.88. The summed E-state index contributed by atoms with van der Waals surface area (Å²) in [6.45, 7) is 5.18. The van der Waals surface area contributed by atoms with Gasteiger partial charge in [-0.25, -0.2) is 0 Å². The summed E-state index contributed by atoms with van der Waals surface area (Å²) in [5.74, 6) is 1.38. The Hall–Kier alpha value is -2.35. The fourth-order valence-electron chi connectivity index (χ4n) is 4.33. The van der Waals surface area contributed by atoms with E-state index in [4.69, 9.17) is 9.73 Å². The molecule has 3 aromatic rings. The molecule has 3 aromatic carbocycles. The number of aryl methyl sites for hydroxylation is 4. The number of ether oxygens (including phenoxy) is 1. The number of benzene rings is 3. The fraction of sp³-hybridized carbons (Fsp3) is 0.321. The molecule has 0 amide bonds. The van der Waals surface area contributed by atoms with E-state index in [1.54, 1.807) is 0 Å². The number of rotatable bonds is 4. The zero-order valence-electron chi connectivity index (χ0n) is 18.3. The standard InChI is InChI=1S/C28H29NOSe/c1-19(2)25-18-30-28(29-25)26-22-14-12-20-8-10-21(11-9-20)13-15-23(17-16-22)27(26)31-24-6-4-3-5-7-24/h3-11,16-17,19,25H,12-15,18H2,1-2H3/t25-/m1/s1. The van der Waals surface area contributed by atoms with E-state index < -0.39 is 0 Å². The molecule has 0 unspecified atom stereocenters. The van der Waals surface area contributed by atoms with Gasteiger partial charge in [0, 0.05) is 0 Å². The van der Waals surface area contributed by atoms with Gasteiger partial charge in [-0.3, -0.25) is 0 Å². The molecule has 1 heterocycles. The van der Waals surface area contributed by atoms with Gasteiger partial charge in [0.25, 0.3) is 0 Å². The van der Waals surface area contributed by atoms with Crippen LogP contribution >= 0.6 is 0 Å². The van der Waals surface area contributed by atoms with E-state index in [1.165, 1.54) is 36.7 Å². The van der Waals surface area contributed by atoms with Gasteiger partial charge < -0.3 is 0 Å². The van der Waals surface area contributed by atoms with Crippen molar-refractivity contribution in [2.45, 2.75) is 45.6 Å². The third-order valence-corrected chi connectivity index (χ3v) is 8.81. The SMILES string of the molecule is CC(C)[C@H]1COC(c2c3ccc(c2[Se]c2ccccc2)CCc2ccc(cc2)CC3)=N1. The van der Waals surface area contributed by atoms with Gasteiger partial charge >= 0.3 is 192 Å². The molecule has 0 spiro atoms. The van der Waals surface area contributed by atoms with Crippen molar-refractivity contribution in [3.05, 3.63) is 94.5 Å². The molecule has 1 aliphatic heterocycles. The van der Waals surface area contributed by atoms with Crippen LogP contribution in [0, 0.1) is 5.92 Å². The molecule has 0 aromatic heterocycles. The first-order valence-electron chi connectivity index (χ1n) is 11.3. The normalized spacial score (nSPS) is 17.9. The molecule has 4 aliphatic carbocycles. The van der Waals surface area contributed by atoms with Crippen molar-refractivity contribution in [1.82, 2.24) is 0 Å². The second-order valence-corrected chi connectivity index (χ2v) is 11.2. The zero-order valence-corrected chi connectivity index (χ0v) is 20.0. The molecule has 1 atom stereocenters. The van der Waals surface area contributed by atoms with Crippen LogP contribution in [0.25, 0.3) is 0 Å². The van der Waals surface area contributed by atoms with Crippen LogP contribution in [0.4, 0.5) is 0 Å². The molecular formula is C28H29NOSe. The van der Waals surface area contributed by atoms with Crippen molar-refractivity contribution < 1.29 is 4.74 Å². The van der Waals surface area contributed by atoms with E-state index >= 15 is 0 Å². The van der Waals surface area contributed by atoms with Crippen LogP contribution in [-0.4, -0.2) is 33.5 Å².